The first-order valence-corrected chi connectivity index (χ1v) is 6.83. The van der Waals surface area contributed by atoms with Crippen LogP contribution in [-0.4, -0.2) is 18.1 Å². The molecular weight excluding hydrogens is 216 g/mol. The van der Waals surface area contributed by atoms with Gasteiger partial charge in [-0.3, -0.25) is 0 Å². The number of aromatic nitrogens is 1. The second-order valence-corrected chi connectivity index (χ2v) is 5.39. The van der Waals surface area contributed by atoms with Crippen LogP contribution >= 0.6 is 11.3 Å². The van der Waals surface area contributed by atoms with Crippen LogP contribution in [0.25, 0.3) is 0 Å². The Morgan fingerprint density at radius 3 is 2.88 bits per heavy atom. The van der Waals surface area contributed by atoms with Gasteiger partial charge in [-0.05, 0) is 32.4 Å². The smallest absolute Gasteiger partial charge is 0.0965 e. The highest BCUT2D eigenvalue weighted by atomic mass is 32.1. The number of hydrogen-bond acceptors (Lipinski definition) is 3. The van der Waals surface area contributed by atoms with E-state index in [-0.39, 0.29) is 0 Å². The first-order valence-electron chi connectivity index (χ1n) is 5.95. The number of nitrogens with one attached hydrogen (secondary N) is 1. The van der Waals surface area contributed by atoms with Gasteiger partial charge in [0.1, 0.15) is 0 Å². The van der Waals surface area contributed by atoms with Gasteiger partial charge in [0.05, 0.1) is 5.01 Å². The monoisotopic (exact) mass is 238 g/mol. The lowest BCUT2D eigenvalue weighted by Gasteiger charge is -2.04. The fraction of sp³-hybridized carbons (Fsp3) is 0.615. The Kier molecular flexibility index (Phi) is 6.34. The second kappa shape index (κ2) is 7.58. The molecule has 0 fully saturated rings. The van der Waals surface area contributed by atoms with Gasteiger partial charge in [-0.2, -0.15) is 0 Å². The summed E-state index contributed by atoms with van der Waals surface area (Å²) in [4.78, 5) is 4.42. The molecule has 0 aromatic carbocycles. The molecule has 0 radical (unpaired) electrons. The molecular formula is C13H22N2S. The van der Waals surface area contributed by atoms with Gasteiger partial charge in [-0.25, -0.2) is 4.98 Å². The highest BCUT2D eigenvalue weighted by Gasteiger charge is 1.94. The van der Waals surface area contributed by atoms with E-state index in [1.807, 2.05) is 6.92 Å². The van der Waals surface area contributed by atoms with Gasteiger partial charge >= 0.3 is 0 Å². The predicted molar refractivity (Wildman–Crippen MR) is 72.0 cm³/mol. The molecule has 0 saturated heterocycles. The van der Waals surface area contributed by atoms with Crippen molar-refractivity contribution in [3.63, 3.8) is 0 Å². The average Bonchev–Trinajstić information content (AvgIpc) is 2.62. The van der Waals surface area contributed by atoms with Crippen LogP contribution < -0.4 is 5.32 Å². The van der Waals surface area contributed by atoms with E-state index in [2.05, 4.69) is 41.7 Å². The van der Waals surface area contributed by atoms with Crippen molar-refractivity contribution in [1.29, 1.82) is 0 Å². The fourth-order valence-electron chi connectivity index (χ4n) is 1.37. The van der Waals surface area contributed by atoms with E-state index >= 15 is 0 Å². The molecule has 1 aromatic rings. The van der Waals surface area contributed by atoms with Crippen LogP contribution in [0.3, 0.4) is 0 Å². The second-order valence-electron chi connectivity index (χ2n) is 4.44. The van der Waals surface area contributed by atoms with Gasteiger partial charge < -0.3 is 5.32 Å². The summed E-state index contributed by atoms with van der Waals surface area (Å²) < 4.78 is 0. The molecule has 1 rings (SSSR count). The largest absolute Gasteiger partial charge is 0.316 e. The predicted octanol–water partition coefficient (Wildman–Crippen LogP) is 3.19. The quantitative estimate of drug-likeness (QED) is 0.583. The Morgan fingerprint density at radius 1 is 1.44 bits per heavy atom. The molecule has 3 heteroatoms. The number of allylic oxidation sites excluding steroid dienone is 1. The lowest BCUT2D eigenvalue weighted by atomic mass is 10.2. The summed E-state index contributed by atoms with van der Waals surface area (Å²) in [5, 5.41) is 6.74. The molecule has 2 nitrogen and oxygen atoms in total. The summed E-state index contributed by atoms with van der Waals surface area (Å²) in [5.41, 5.74) is 1.13. The van der Waals surface area contributed by atoms with E-state index in [9.17, 15) is 0 Å². The molecule has 1 N–H and O–H groups in total. The minimum absolute atomic E-state index is 0.738. The highest BCUT2D eigenvalue weighted by Crippen LogP contribution is 2.09. The first-order chi connectivity index (χ1) is 7.68. The Labute approximate surface area is 103 Å². The topological polar surface area (TPSA) is 24.9 Å². The molecule has 0 spiro atoms. The minimum Gasteiger partial charge on any atom is -0.316 e. The van der Waals surface area contributed by atoms with Gasteiger partial charge in [0.2, 0.25) is 0 Å². The Bertz CT molecular complexity index is 315. The molecule has 0 aliphatic carbocycles. The fourth-order valence-corrected chi connectivity index (χ4v) is 2.12. The Morgan fingerprint density at radius 2 is 2.25 bits per heavy atom. The van der Waals surface area contributed by atoms with Crippen molar-refractivity contribution in [1.82, 2.24) is 10.3 Å². The summed E-state index contributed by atoms with van der Waals surface area (Å²) in [6, 6.07) is 0. The molecule has 0 bridgehead atoms. The van der Waals surface area contributed by atoms with E-state index in [1.165, 1.54) is 5.01 Å². The van der Waals surface area contributed by atoms with Crippen molar-refractivity contribution < 1.29 is 0 Å². The van der Waals surface area contributed by atoms with Gasteiger partial charge in [-0.1, -0.05) is 26.0 Å². The van der Waals surface area contributed by atoms with Crippen LogP contribution in [-0.2, 0) is 6.42 Å². The maximum Gasteiger partial charge on any atom is 0.0965 e. The van der Waals surface area contributed by atoms with Crippen LogP contribution in [0.4, 0.5) is 0 Å². The van der Waals surface area contributed by atoms with Crippen molar-refractivity contribution in [3.8, 4) is 0 Å². The van der Waals surface area contributed by atoms with E-state index in [4.69, 9.17) is 0 Å². The van der Waals surface area contributed by atoms with Crippen molar-refractivity contribution in [2.24, 2.45) is 5.92 Å². The molecule has 0 unspecified atom stereocenters. The third kappa shape index (κ3) is 6.03. The molecule has 0 aliphatic heterocycles. The molecule has 0 saturated carbocycles. The van der Waals surface area contributed by atoms with Gasteiger partial charge in [0.15, 0.2) is 0 Å². The van der Waals surface area contributed by atoms with Crippen molar-refractivity contribution in [2.75, 3.05) is 13.1 Å². The highest BCUT2D eigenvalue weighted by molar-refractivity contribution is 7.09. The van der Waals surface area contributed by atoms with Crippen molar-refractivity contribution >= 4 is 11.3 Å². The zero-order chi connectivity index (χ0) is 11.8. The van der Waals surface area contributed by atoms with Crippen LogP contribution in [0.15, 0.2) is 17.5 Å². The maximum absolute atomic E-state index is 4.42. The zero-order valence-electron chi connectivity index (χ0n) is 10.5. The number of thiazole rings is 1. The van der Waals surface area contributed by atoms with Gasteiger partial charge in [-0.15, -0.1) is 11.3 Å². The van der Waals surface area contributed by atoms with E-state index in [0.717, 1.165) is 37.5 Å². The van der Waals surface area contributed by atoms with Crippen molar-refractivity contribution in [3.05, 3.63) is 28.2 Å². The van der Waals surface area contributed by atoms with Gasteiger partial charge in [0, 0.05) is 17.5 Å². The van der Waals surface area contributed by atoms with Crippen LogP contribution in [0.5, 0.6) is 0 Å². The third-order valence-electron chi connectivity index (χ3n) is 2.17. The molecule has 90 valence electrons. The molecule has 1 heterocycles. The first kappa shape index (κ1) is 13.4. The SMILES string of the molecule is Cc1csc(CC=CCCNCC(C)C)n1. The lowest BCUT2D eigenvalue weighted by molar-refractivity contribution is 0.556. The summed E-state index contributed by atoms with van der Waals surface area (Å²) in [6.45, 7) is 8.69. The Hall–Kier alpha value is -0.670. The average molecular weight is 238 g/mol. The summed E-state index contributed by atoms with van der Waals surface area (Å²) in [5.74, 6) is 0.738. The normalized spacial score (nSPS) is 11.8. The van der Waals surface area contributed by atoms with E-state index in [1.54, 1.807) is 11.3 Å². The van der Waals surface area contributed by atoms with Gasteiger partial charge in [0.25, 0.3) is 0 Å². The molecule has 0 atom stereocenters. The Balaban J connectivity index is 2.05. The molecule has 0 amide bonds. The summed E-state index contributed by atoms with van der Waals surface area (Å²) in [6.07, 6.45) is 6.54. The zero-order valence-corrected chi connectivity index (χ0v) is 11.3. The molecule has 16 heavy (non-hydrogen) atoms. The van der Waals surface area contributed by atoms with Crippen LogP contribution in [0.2, 0.25) is 0 Å². The minimum atomic E-state index is 0.738. The number of hydrogen-bond donors (Lipinski definition) is 1. The number of nitrogens with zero attached hydrogens (tertiary/aromatic N) is 1. The van der Waals surface area contributed by atoms with E-state index < -0.39 is 0 Å². The molecule has 0 aliphatic rings. The lowest BCUT2D eigenvalue weighted by Crippen LogP contribution is -2.20. The van der Waals surface area contributed by atoms with E-state index in [0.29, 0.717) is 0 Å². The van der Waals surface area contributed by atoms with Crippen LogP contribution in [0, 0.1) is 12.8 Å². The summed E-state index contributed by atoms with van der Waals surface area (Å²) >= 11 is 1.74. The summed E-state index contributed by atoms with van der Waals surface area (Å²) in [7, 11) is 0. The van der Waals surface area contributed by atoms with Crippen LogP contribution in [0.1, 0.15) is 31.0 Å². The molecule has 1 aromatic heterocycles. The number of rotatable bonds is 7. The van der Waals surface area contributed by atoms with Crippen molar-refractivity contribution in [2.45, 2.75) is 33.6 Å². The standard InChI is InChI=1S/C13H22N2S/c1-11(2)9-14-8-6-4-5-7-13-15-12(3)10-16-13/h4-5,10-11,14H,6-9H2,1-3H3. The number of aryl methyl sites for hydroxylation is 1. The maximum atomic E-state index is 4.42. The third-order valence-corrected chi connectivity index (χ3v) is 3.16.